The Morgan fingerprint density at radius 1 is 1.03 bits per heavy atom. The van der Waals surface area contributed by atoms with E-state index in [2.05, 4.69) is 15.3 Å². The molecule has 1 aromatic heterocycles. The lowest BCUT2D eigenvalue weighted by Crippen LogP contribution is -2.35. The Balaban J connectivity index is 1.73. The monoisotopic (exact) mass is 422 g/mol. The summed E-state index contributed by atoms with van der Waals surface area (Å²) >= 11 is 0. The van der Waals surface area contributed by atoms with Crippen molar-refractivity contribution in [2.24, 2.45) is 0 Å². The summed E-state index contributed by atoms with van der Waals surface area (Å²) in [5.41, 5.74) is 0.344. The van der Waals surface area contributed by atoms with E-state index in [-0.39, 0.29) is 17.2 Å². The van der Waals surface area contributed by atoms with Crippen molar-refractivity contribution >= 4 is 16.7 Å². The van der Waals surface area contributed by atoms with Crippen LogP contribution in [0.4, 0.5) is 0 Å². The van der Waals surface area contributed by atoms with Crippen LogP contribution in [0.3, 0.4) is 0 Å². The molecule has 8 nitrogen and oxygen atoms in total. The van der Waals surface area contributed by atoms with E-state index >= 15 is 0 Å². The number of aromatic nitrogens is 2. The third-order valence-corrected chi connectivity index (χ3v) is 5.51. The minimum absolute atomic E-state index is 0.207. The van der Waals surface area contributed by atoms with Gasteiger partial charge in [-0.1, -0.05) is 18.2 Å². The molecule has 0 atom stereocenters. The SMILES string of the molecule is COc1cc(OC)cc(-n2nc(C(=O)NCCN3CCCC3)c3ccccc3c2=O)c1. The van der Waals surface area contributed by atoms with E-state index in [4.69, 9.17) is 9.47 Å². The summed E-state index contributed by atoms with van der Waals surface area (Å²) in [6.07, 6.45) is 2.41. The van der Waals surface area contributed by atoms with Crippen LogP contribution in [0.15, 0.2) is 47.3 Å². The highest BCUT2D eigenvalue weighted by atomic mass is 16.5. The fraction of sp³-hybridized carbons (Fsp3) is 0.348. The molecule has 1 saturated heterocycles. The Bertz CT molecular complexity index is 1130. The normalized spacial score (nSPS) is 14.0. The molecule has 8 heteroatoms. The number of hydrogen-bond donors (Lipinski definition) is 1. The Kier molecular flexibility index (Phi) is 6.18. The fourth-order valence-electron chi connectivity index (χ4n) is 3.86. The number of fused-ring (bicyclic) bond motifs is 1. The van der Waals surface area contributed by atoms with Crippen molar-refractivity contribution in [2.45, 2.75) is 12.8 Å². The topological polar surface area (TPSA) is 85.7 Å². The second-order valence-corrected chi connectivity index (χ2v) is 7.49. The molecule has 31 heavy (non-hydrogen) atoms. The maximum Gasteiger partial charge on any atom is 0.279 e. The fourth-order valence-corrected chi connectivity index (χ4v) is 3.86. The summed E-state index contributed by atoms with van der Waals surface area (Å²) < 4.78 is 11.9. The second-order valence-electron chi connectivity index (χ2n) is 7.49. The van der Waals surface area contributed by atoms with Gasteiger partial charge in [-0.3, -0.25) is 9.59 Å². The van der Waals surface area contributed by atoms with Crippen LogP contribution >= 0.6 is 0 Å². The van der Waals surface area contributed by atoms with E-state index in [1.807, 2.05) is 0 Å². The number of methoxy groups -OCH3 is 2. The van der Waals surface area contributed by atoms with E-state index in [1.165, 1.54) is 31.7 Å². The molecule has 3 aromatic rings. The highest BCUT2D eigenvalue weighted by molar-refractivity contribution is 6.04. The van der Waals surface area contributed by atoms with E-state index in [1.54, 1.807) is 42.5 Å². The van der Waals surface area contributed by atoms with Gasteiger partial charge in [0.15, 0.2) is 5.69 Å². The van der Waals surface area contributed by atoms with Crippen molar-refractivity contribution in [3.63, 3.8) is 0 Å². The molecule has 162 valence electrons. The lowest BCUT2D eigenvalue weighted by molar-refractivity contribution is 0.0945. The lowest BCUT2D eigenvalue weighted by Gasteiger charge is -2.16. The first-order chi connectivity index (χ1) is 15.1. The predicted octanol–water partition coefficient (Wildman–Crippen LogP) is 2.23. The van der Waals surface area contributed by atoms with Crippen molar-refractivity contribution in [3.8, 4) is 17.2 Å². The maximum atomic E-state index is 13.2. The highest BCUT2D eigenvalue weighted by Gasteiger charge is 2.19. The summed E-state index contributed by atoms with van der Waals surface area (Å²) in [6.45, 7) is 3.47. The smallest absolute Gasteiger partial charge is 0.279 e. The third kappa shape index (κ3) is 4.39. The molecule has 1 aliphatic heterocycles. The summed E-state index contributed by atoms with van der Waals surface area (Å²) in [6, 6.07) is 12.1. The van der Waals surface area contributed by atoms with Crippen molar-refractivity contribution in [1.29, 1.82) is 0 Å². The Morgan fingerprint density at radius 3 is 2.32 bits per heavy atom. The van der Waals surface area contributed by atoms with E-state index < -0.39 is 0 Å². The molecule has 4 rings (SSSR count). The van der Waals surface area contributed by atoms with E-state index in [0.29, 0.717) is 34.5 Å². The minimum atomic E-state index is -0.320. The number of rotatable bonds is 7. The second kappa shape index (κ2) is 9.18. The van der Waals surface area contributed by atoms with Crippen LogP contribution in [0.5, 0.6) is 11.5 Å². The van der Waals surface area contributed by atoms with E-state index in [0.717, 1.165) is 19.6 Å². The van der Waals surface area contributed by atoms with Gasteiger partial charge >= 0.3 is 0 Å². The Morgan fingerprint density at radius 2 is 1.68 bits per heavy atom. The van der Waals surface area contributed by atoms with Gasteiger partial charge in [-0.2, -0.15) is 9.78 Å². The van der Waals surface area contributed by atoms with Gasteiger partial charge < -0.3 is 19.7 Å². The molecule has 1 amide bonds. The predicted molar refractivity (Wildman–Crippen MR) is 118 cm³/mol. The van der Waals surface area contributed by atoms with Gasteiger partial charge in [-0.05, 0) is 32.0 Å². The Labute approximate surface area is 180 Å². The third-order valence-electron chi connectivity index (χ3n) is 5.51. The summed E-state index contributed by atoms with van der Waals surface area (Å²) in [7, 11) is 3.07. The van der Waals surface area contributed by atoms with Crippen LogP contribution in [0.25, 0.3) is 16.5 Å². The van der Waals surface area contributed by atoms with Gasteiger partial charge in [0.2, 0.25) is 0 Å². The van der Waals surface area contributed by atoms with Gasteiger partial charge in [0.25, 0.3) is 11.5 Å². The molecule has 0 radical (unpaired) electrons. The van der Waals surface area contributed by atoms with Crippen molar-refractivity contribution in [2.75, 3.05) is 40.4 Å². The first kappa shape index (κ1) is 20.9. The molecule has 1 aliphatic rings. The van der Waals surface area contributed by atoms with Crippen LogP contribution in [0.1, 0.15) is 23.3 Å². The molecule has 2 heterocycles. The average Bonchev–Trinajstić information content (AvgIpc) is 3.32. The molecular formula is C23H26N4O4. The van der Waals surface area contributed by atoms with Gasteiger partial charge in [0, 0.05) is 36.7 Å². The van der Waals surface area contributed by atoms with Gasteiger partial charge in [-0.15, -0.1) is 0 Å². The quantitative estimate of drug-likeness (QED) is 0.629. The molecule has 0 unspecified atom stereocenters. The summed E-state index contributed by atoms with van der Waals surface area (Å²) in [5.74, 6) is 0.736. The molecule has 1 fully saturated rings. The van der Waals surface area contributed by atoms with Crippen molar-refractivity contribution < 1.29 is 14.3 Å². The maximum absolute atomic E-state index is 13.2. The zero-order chi connectivity index (χ0) is 21.8. The molecule has 1 N–H and O–H groups in total. The van der Waals surface area contributed by atoms with Crippen molar-refractivity contribution in [3.05, 3.63) is 58.5 Å². The number of likely N-dealkylation sites (tertiary alicyclic amines) is 1. The van der Waals surface area contributed by atoms with Crippen LogP contribution in [0, 0.1) is 0 Å². The molecule has 0 bridgehead atoms. The molecular weight excluding hydrogens is 396 g/mol. The summed E-state index contributed by atoms with van der Waals surface area (Å²) in [4.78, 5) is 28.5. The first-order valence-electron chi connectivity index (χ1n) is 10.4. The number of amides is 1. The number of hydrogen-bond acceptors (Lipinski definition) is 6. The first-order valence-corrected chi connectivity index (χ1v) is 10.4. The van der Waals surface area contributed by atoms with E-state index in [9.17, 15) is 9.59 Å². The standard InChI is InChI=1S/C23H26N4O4/c1-30-17-13-16(14-18(15-17)31-2)27-23(29)20-8-4-3-7-19(20)21(25-27)22(28)24-9-12-26-10-5-6-11-26/h3-4,7-8,13-15H,5-6,9-12H2,1-2H3,(H,24,28). The molecule has 0 saturated carbocycles. The van der Waals surface area contributed by atoms with Gasteiger partial charge in [-0.25, -0.2) is 0 Å². The number of ether oxygens (including phenoxy) is 2. The average molecular weight is 422 g/mol. The molecule has 2 aromatic carbocycles. The van der Waals surface area contributed by atoms with Crippen LogP contribution in [0.2, 0.25) is 0 Å². The number of carbonyl (C=O) groups is 1. The zero-order valence-electron chi connectivity index (χ0n) is 17.8. The van der Waals surface area contributed by atoms with Crippen LogP contribution in [-0.2, 0) is 0 Å². The highest BCUT2D eigenvalue weighted by Crippen LogP contribution is 2.25. The number of nitrogens with one attached hydrogen (secondary N) is 1. The Hall–Kier alpha value is -3.39. The minimum Gasteiger partial charge on any atom is -0.497 e. The number of benzene rings is 2. The lowest BCUT2D eigenvalue weighted by atomic mass is 10.1. The molecule has 0 spiro atoms. The zero-order valence-corrected chi connectivity index (χ0v) is 17.8. The summed E-state index contributed by atoms with van der Waals surface area (Å²) in [5, 5.41) is 8.34. The van der Waals surface area contributed by atoms with Gasteiger partial charge in [0.1, 0.15) is 11.5 Å². The van der Waals surface area contributed by atoms with Crippen LogP contribution < -0.4 is 20.3 Å². The van der Waals surface area contributed by atoms with Crippen molar-refractivity contribution in [1.82, 2.24) is 20.0 Å². The largest absolute Gasteiger partial charge is 0.497 e. The van der Waals surface area contributed by atoms with Gasteiger partial charge in [0.05, 0.1) is 25.3 Å². The number of carbonyl (C=O) groups excluding carboxylic acids is 1. The van der Waals surface area contributed by atoms with Crippen LogP contribution in [-0.4, -0.2) is 61.0 Å². The number of nitrogens with zero attached hydrogens (tertiary/aromatic N) is 3. The molecule has 0 aliphatic carbocycles.